The van der Waals surface area contributed by atoms with Crippen LogP contribution in [0.5, 0.6) is 5.75 Å². The number of rotatable bonds is 8. The summed E-state index contributed by atoms with van der Waals surface area (Å²) in [5, 5.41) is 0.460. The molecular weight excluding hydrogens is 486 g/mol. The topological polar surface area (TPSA) is 95.7 Å². The van der Waals surface area contributed by atoms with Gasteiger partial charge in [0.25, 0.3) is 0 Å². The van der Waals surface area contributed by atoms with E-state index >= 15 is 0 Å². The van der Waals surface area contributed by atoms with E-state index in [2.05, 4.69) is 0 Å². The number of hydrogen-bond donors (Lipinski definition) is 1. The monoisotopic (exact) mass is 513 g/mol. The third-order valence-electron chi connectivity index (χ3n) is 6.20. The van der Waals surface area contributed by atoms with Gasteiger partial charge in [-0.25, -0.2) is 8.42 Å². The molecule has 1 aliphatic heterocycles. The molecule has 1 amide bonds. The fourth-order valence-corrected chi connectivity index (χ4v) is 5.42. The maximum Gasteiger partial charge on any atom is 0.229 e. The fraction of sp³-hybridized carbons (Fsp3) is 0.296. The zero-order valence-electron chi connectivity index (χ0n) is 19.4. The van der Waals surface area contributed by atoms with Crippen molar-refractivity contribution in [3.63, 3.8) is 0 Å². The average Bonchev–Trinajstić information content (AvgIpc) is 2.86. The van der Waals surface area contributed by atoms with E-state index in [9.17, 15) is 13.2 Å². The summed E-state index contributed by atoms with van der Waals surface area (Å²) in [4.78, 5) is 12.6. The van der Waals surface area contributed by atoms with Crippen LogP contribution >= 0.6 is 11.6 Å². The summed E-state index contributed by atoms with van der Waals surface area (Å²) in [5.74, 6) is -0.576. The maximum atomic E-state index is 12.4. The van der Waals surface area contributed by atoms with Gasteiger partial charge in [-0.05, 0) is 35.4 Å². The van der Waals surface area contributed by atoms with Crippen molar-refractivity contribution in [2.24, 2.45) is 5.73 Å². The largest absolute Gasteiger partial charge is 0.490 e. The highest BCUT2D eigenvalue weighted by molar-refractivity contribution is 7.91. The van der Waals surface area contributed by atoms with Crippen LogP contribution in [0.1, 0.15) is 36.8 Å². The molecule has 1 atom stereocenters. The number of sulfone groups is 1. The number of ether oxygens (including phenoxy) is 2. The van der Waals surface area contributed by atoms with Crippen LogP contribution in [0, 0.1) is 0 Å². The number of amides is 1. The van der Waals surface area contributed by atoms with Gasteiger partial charge in [0.15, 0.2) is 9.84 Å². The Morgan fingerprint density at radius 2 is 1.69 bits per heavy atom. The smallest absolute Gasteiger partial charge is 0.229 e. The first kappa shape index (κ1) is 25.2. The minimum Gasteiger partial charge on any atom is -0.490 e. The molecule has 8 heteroatoms. The molecule has 1 saturated heterocycles. The molecule has 0 spiro atoms. The molecule has 1 heterocycles. The SMILES string of the molecule is CCS(=O)(=O)c1ccc([C@@H](C(N)=O)c2ccc(-c3ccccc3OC3CCOCC3)c(Cl)c2)cc1. The van der Waals surface area contributed by atoms with Crippen molar-refractivity contribution in [3.8, 4) is 16.9 Å². The Bertz CT molecular complexity index is 1300. The molecular formula is C27H28ClNO5S. The van der Waals surface area contributed by atoms with Crippen molar-refractivity contribution < 1.29 is 22.7 Å². The molecule has 6 nitrogen and oxygen atoms in total. The number of carbonyl (C=O) groups excluding carboxylic acids is 1. The molecule has 0 unspecified atom stereocenters. The van der Waals surface area contributed by atoms with E-state index in [-0.39, 0.29) is 16.8 Å². The van der Waals surface area contributed by atoms with E-state index in [0.717, 1.165) is 29.7 Å². The summed E-state index contributed by atoms with van der Waals surface area (Å²) < 4.78 is 36.0. The molecule has 3 aromatic rings. The summed E-state index contributed by atoms with van der Waals surface area (Å²) >= 11 is 6.71. The zero-order valence-corrected chi connectivity index (χ0v) is 21.0. The lowest BCUT2D eigenvalue weighted by Crippen LogP contribution is -2.26. The molecule has 184 valence electrons. The Kier molecular flexibility index (Phi) is 7.79. The number of benzene rings is 3. The summed E-state index contributed by atoms with van der Waals surface area (Å²) in [6.07, 6.45) is 1.75. The molecule has 4 rings (SSSR count). The van der Waals surface area contributed by atoms with Crippen LogP contribution < -0.4 is 10.5 Å². The molecule has 3 aromatic carbocycles. The van der Waals surface area contributed by atoms with Crippen molar-refractivity contribution >= 4 is 27.3 Å². The number of primary amides is 1. The summed E-state index contributed by atoms with van der Waals surface area (Å²) in [6.45, 7) is 2.95. The molecule has 2 N–H and O–H groups in total. The lowest BCUT2D eigenvalue weighted by molar-refractivity contribution is -0.118. The predicted molar refractivity (Wildman–Crippen MR) is 137 cm³/mol. The molecule has 0 aromatic heterocycles. The molecule has 0 saturated carbocycles. The quantitative estimate of drug-likeness (QED) is 0.458. The van der Waals surface area contributed by atoms with Gasteiger partial charge in [-0.2, -0.15) is 0 Å². The zero-order chi connectivity index (χ0) is 25.0. The Labute approximate surface area is 210 Å². The normalized spacial score (nSPS) is 15.5. The van der Waals surface area contributed by atoms with E-state index in [1.807, 2.05) is 36.4 Å². The summed E-state index contributed by atoms with van der Waals surface area (Å²) in [7, 11) is -3.34. The Morgan fingerprint density at radius 1 is 1.03 bits per heavy atom. The van der Waals surface area contributed by atoms with Crippen molar-refractivity contribution in [1.29, 1.82) is 0 Å². The van der Waals surface area contributed by atoms with E-state index in [0.29, 0.717) is 29.4 Å². The van der Waals surface area contributed by atoms with Gasteiger partial charge in [-0.1, -0.05) is 61.0 Å². The first-order chi connectivity index (χ1) is 16.8. The van der Waals surface area contributed by atoms with Gasteiger partial charge in [-0.15, -0.1) is 0 Å². The van der Waals surface area contributed by atoms with Crippen molar-refractivity contribution in [2.75, 3.05) is 19.0 Å². The molecule has 1 fully saturated rings. The summed E-state index contributed by atoms with van der Waals surface area (Å²) in [6, 6.07) is 19.4. The van der Waals surface area contributed by atoms with Crippen LogP contribution in [0.25, 0.3) is 11.1 Å². The fourth-order valence-electron chi connectivity index (χ4n) is 4.25. The predicted octanol–water partition coefficient (Wildman–Crippen LogP) is 4.98. The molecule has 35 heavy (non-hydrogen) atoms. The number of halogens is 1. The van der Waals surface area contributed by atoms with E-state index in [4.69, 9.17) is 26.8 Å². The van der Waals surface area contributed by atoms with Crippen molar-refractivity contribution in [1.82, 2.24) is 0 Å². The Hall–Kier alpha value is -2.87. The van der Waals surface area contributed by atoms with Gasteiger partial charge < -0.3 is 15.2 Å². The van der Waals surface area contributed by atoms with Crippen LogP contribution in [0.15, 0.2) is 71.6 Å². The van der Waals surface area contributed by atoms with E-state index in [1.54, 1.807) is 25.1 Å². The van der Waals surface area contributed by atoms with Crippen molar-refractivity contribution in [2.45, 2.75) is 36.7 Å². The minimum atomic E-state index is -3.34. The highest BCUT2D eigenvalue weighted by Gasteiger charge is 2.23. The molecule has 0 radical (unpaired) electrons. The van der Waals surface area contributed by atoms with E-state index in [1.165, 1.54) is 12.1 Å². The third kappa shape index (κ3) is 5.69. The molecule has 1 aliphatic rings. The number of hydrogen-bond acceptors (Lipinski definition) is 5. The minimum absolute atomic E-state index is 0.00236. The highest BCUT2D eigenvalue weighted by atomic mass is 35.5. The Balaban J connectivity index is 1.65. The van der Waals surface area contributed by atoms with E-state index < -0.39 is 21.7 Å². The second-order valence-electron chi connectivity index (χ2n) is 8.47. The first-order valence-corrected chi connectivity index (χ1v) is 13.6. The molecule has 0 bridgehead atoms. The van der Waals surface area contributed by atoms with Crippen molar-refractivity contribution in [3.05, 3.63) is 82.9 Å². The van der Waals surface area contributed by atoms with Crippen LogP contribution in [0.4, 0.5) is 0 Å². The molecule has 0 aliphatic carbocycles. The average molecular weight is 514 g/mol. The van der Waals surface area contributed by atoms with Gasteiger partial charge in [-0.3, -0.25) is 4.79 Å². The second kappa shape index (κ2) is 10.8. The first-order valence-electron chi connectivity index (χ1n) is 11.6. The maximum absolute atomic E-state index is 12.4. The standard InChI is InChI=1S/C27H28ClNO5S/c1-2-35(31,32)21-10-7-18(8-11-21)26(27(29)30)19-9-12-22(24(28)17-19)23-5-3-4-6-25(23)34-20-13-15-33-16-14-20/h3-12,17,20,26H,2,13-16H2,1H3,(H2,29,30)/t26-/m1/s1. The number of nitrogens with two attached hydrogens (primary N) is 1. The third-order valence-corrected chi connectivity index (χ3v) is 8.27. The Morgan fingerprint density at radius 3 is 2.31 bits per heavy atom. The van der Waals surface area contributed by atoms with Crippen LogP contribution in [-0.4, -0.2) is 39.4 Å². The lowest BCUT2D eigenvalue weighted by Gasteiger charge is -2.25. The summed E-state index contributed by atoms with van der Waals surface area (Å²) in [5.41, 5.74) is 8.61. The van der Waals surface area contributed by atoms with Gasteiger partial charge in [0, 0.05) is 29.0 Å². The number of para-hydroxylation sites is 1. The van der Waals surface area contributed by atoms with Gasteiger partial charge >= 0.3 is 0 Å². The highest BCUT2D eigenvalue weighted by Crippen LogP contribution is 2.38. The van der Waals surface area contributed by atoms with Gasteiger partial charge in [0.05, 0.1) is 29.8 Å². The number of carbonyl (C=O) groups is 1. The van der Waals surface area contributed by atoms with Crippen LogP contribution in [-0.2, 0) is 19.4 Å². The second-order valence-corrected chi connectivity index (χ2v) is 11.2. The van der Waals surface area contributed by atoms with Crippen LogP contribution in [0.3, 0.4) is 0 Å². The van der Waals surface area contributed by atoms with Crippen LogP contribution in [0.2, 0.25) is 5.02 Å². The van der Waals surface area contributed by atoms with Gasteiger partial charge in [0.2, 0.25) is 5.91 Å². The lowest BCUT2D eigenvalue weighted by atomic mass is 9.89. The van der Waals surface area contributed by atoms with Gasteiger partial charge in [0.1, 0.15) is 11.9 Å².